The van der Waals surface area contributed by atoms with Gasteiger partial charge in [0.25, 0.3) is 5.56 Å². The molecule has 0 aliphatic carbocycles. The molecule has 0 bridgehead atoms. The first kappa shape index (κ1) is 19.7. The smallest absolute Gasteiger partial charge is 0.263 e. The number of H-pyrrole nitrogens is 1. The molecule has 0 unspecified atom stereocenters. The third kappa shape index (κ3) is 3.25. The first-order chi connectivity index (χ1) is 15.4. The average Bonchev–Trinajstić information content (AvgIpc) is 3.26. The van der Waals surface area contributed by atoms with Crippen molar-refractivity contribution in [3.63, 3.8) is 0 Å². The van der Waals surface area contributed by atoms with Gasteiger partial charge < -0.3 is 10.3 Å². The van der Waals surface area contributed by atoms with Crippen molar-refractivity contribution in [3.8, 4) is 5.69 Å². The Hall–Kier alpha value is -4.21. The zero-order chi connectivity index (χ0) is 22.4. The van der Waals surface area contributed by atoms with Crippen LogP contribution in [0.3, 0.4) is 0 Å². The van der Waals surface area contributed by atoms with Crippen LogP contribution in [-0.4, -0.2) is 24.5 Å². The van der Waals surface area contributed by atoms with E-state index in [1.807, 2.05) is 0 Å². The Kier molecular flexibility index (Phi) is 4.62. The number of aromatic amines is 1. The van der Waals surface area contributed by atoms with Gasteiger partial charge in [-0.05, 0) is 42.6 Å². The largest absolute Gasteiger partial charge is 0.360 e. The minimum Gasteiger partial charge on any atom is -0.360 e. The van der Waals surface area contributed by atoms with Crippen LogP contribution >= 0.6 is 0 Å². The number of nitrogens with zero attached hydrogens (tertiary/aromatic N) is 4. The van der Waals surface area contributed by atoms with E-state index in [1.54, 1.807) is 13.0 Å². The van der Waals surface area contributed by atoms with Gasteiger partial charge >= 0.3 is 0 Å². The van der Waals surface area contributed by atoms with Gasteiger partial charge in [-0.15, -0.1) is 0 Å². The first-order valence-corrected chi connectivity index (χ1v) is 9.63. The monoisotopic (exact) mass is 436 g/mol. The quantitative estimate of drug-likeness (QED) is 0.440. The summed E-state index contributed by atoms with van der Waals surface area (Å²) in [6.45, 7) is 1.73. The molecule has 7 nitrogen and oxygen atoms in total. The summed E-state index contributed by atoms with van der Waals surface area (Å²) in [7, 11) is 0. The van der Waals surface area contributed by atoms with Crippen molar-refractivity contribution >= 4 is 27.8 Å². The molecule has 0 radical (unpaired) electrons. The summed E-state index contributed by atoms with van der Waals surface area (Å²) in [4.78, 5) is 28.7. The number of hydrogen-bond donors (Lipinski definition) is 2. The molecule has 0 aliphatic heterocycles. The molecule has 3 aromatic heterocycles. The molecule has 0 fully saturated rings. The molecule has 5 rings (SSSR count). The number of aromatic nitrogens is 5. The highest BCUT2D eigenvalue weighted by Gasteiger charge is 2.20. The molecular weight excluding hydrogens is 421 g/mol. The Labute approximate surface area is 178 Å². The third-order valence-electron chi connectivity index (χ3n) is 5.17. The van der Waals surface area contributed by atoms with Crippen molar-refractivity contribution in [1.82, 2.24) is 24.5 Å². The fourth-order valence-electron chi connectivity index (χ4n) is 3.67. The average molecular weight is 436 g/mol. The number of halogens is 3. The summed E-state index contributed by atoms with van der Waals surface area (Å²) in [5.74, 6) is -1.73. The lowest BCUT2D eigenvalue weighted by atomic mass is 10.1. The molecule has 10 heteroatoms. The van der Waals surface area contributed by atoms with E-state index in [-0.39, 0.29) is 11.1 Å². The van der Waals surface area contributed by atoms with E-state index in [4.69, 9.17) is 0 Å². The number of hydrogen-bond acceptors (Lipinski definition) is 5. The maximum Gasteiger partial charge on any atom is 0.263 e. The normalized spacial score (nSPS) is 12.4. The Morgan fingerprint density at radius 3 is 2.62 bits per heavy atom. The molecular formula is C22H15F3N6O. The van der Waals surface area contributed by atoms with Crippen LogP contribution in [-0.2, 0) is 0 Å². The van der Waals surface area contributed by atoms with Crippen LogP contribution < -0.4 is 10.9 Å². The first-order valence-electron chi connectivity index (χ1n) is 9.63. The maximum atomic E-state index is 14.7. The fraction of sp³-hybridized carbons (Fsp3) is 0.0909. The van der Waals surface area contributed by atoms with Gasteiger partial charge in [0, 0.05) is 11.8 Å². The van der Waals surface area contributed by atoms with Gasteiger partial charge in [-0.25, -0.2) is 28.1 Å². The van der Waals surface area contributed by atoms with Gasteiger partial charge in [-0.1, -0.05) is 6.07 Å². The highest BCUT2D eigenvalue weighted by molar-refractivity contribution is 5.84. The number of anilines is 1. The van der Waals surface area contributed by atoms with Crippen molar-refractivity contribution in [2.24, 2.45) is 0 Å². The Bertz CT molecular complexity index is 1540. The van der Waals surface area contributed by atoms with E-state index in [0.29, 0.717) is 28.1 Å². The van der Waals surface area contributed by atoms with Gasteiger partial charge in [-0.2, -0.15) is 0 Å². The summed E-state index contributed by atoms with van der Waals surface area (Å²) < 4.78 is 43.6. The molecule has 1 atom stereocenters. The minimum atomic E-state index is -0.797. The molecule has 0 aliphatic rings. The van der Waals surface area contributed by atoms with Crippen LogP contribution in [0.25, 0.3) is 27.6 Å². The van der Waals surface area contributed by atoms with E-state index in [9.17, 15) is 18.0 Å². The topological polar surface area (TPSA) is 88.5 Å². The molecule has 5 aromatic rings. The maximum absolute atomic E-state index is 14.7. The lowest BCUT2D eigenvalue weighted by Gasteiger charge is -2.21. The van der Waals surface area contributed by atoms with Crippen LogP contribution in [0, 0.1) is 17.5 Å². The zero-order valence-corrected chi connectivity index (χ0v) is 16.6. The second-order valence-electron chi connectivity index (χ2n) is 7.23. The molecule has 32 heavy (non-hydrogen) atoms. The number of imidazole rings is 1. The van der Waals surface area contributed by atoms with Crippen molar-refractivity contribution in [2.75, 3.05) is 5.32 Å². The molecule has 0 amide bonds. The number of rotatable bonds is 4. The van der Waals surface area contributed by atoms with Crippen LogP contribution in [0.1, 0.15) is 18.7 Å². The van der Waals surface area contributed by atoms with Gasteiger partial charge in [0.15, 0.2) is 11.5 Å². The van der Waals surface area contributed by atoms with Crippen molar-refractivity contribution in [3.05, 3.63) is 88.6 Å². The van der Waals surface area contributed by atoms with E-state index < -0.39 is 29.1 Å². The SMILES string of the molecule is C[C@@H](Nc1ncnc2[nH]cnc12)c1cc2ccc(F)cc2c(=O)n1-c1cc(F)ccc1F. The van der Waals surface area contributed by atoms with E-state index in [1.165, 1.54) is 24.8 Å². The van der Waals surface area contributed by atoms with Crippen LogP contribution in [0.2, 0.25) is 0 Å². The molecule has 0 spiro atoms. The van der Waals surface area contributed by atoms with Gasteiger partial charge in [-0.3, -0.25) is 9.36 Å². The zero-order valence-electron chi connectivity index (χ0n) is 16.6. The lowest BCUT2D eigenvalue weighted by molar-refractivity contribution is 0.587. The molecule has 0 saturated carbocycles. The van der Waals surface area contributed by atoms with Gasteiger partial charge in [0.1, 0.15) is 29.3 Å². The predicted molar refractivity (Wildman–Crippen MR) is 113 cm³/mol. The highest BCUT2D eigenvalue weighted by Crippen LogP contribution is 2.27. The Balaban J connectivity index is 1.74. The summed E-state index contributed by atoms with van der Waals surface area (Å²) in [5.41, 5.74) is 0.353. The van der Waals surface area contributed by atoms with Crippen LogP contribution in [0.4, 0.5) is 19.0 Å². The summed E-state index contributed by atoms with van der Waals surface area (Å²) in [6.07, 6.45) is 2.82. The molecule has 160 valence electrons. The lowest BCUT2D eigenvalue weighted by Crippen LogP contribution is -2.26. The highest BCUT2D eigenvalue weighted by atomic mass is 19.1. The summed E-state index contributed by atoms with van der Waals surface area (Å²) >= 11 is 0. The van der Waals surface area contributed by atoms with Crippen molar-refractivity contribution < 1.29 is 13.2 Å². The second-order valence-corrected chi connectivity index (χ2v) is 7.23. The third-order valence-corrected chi connectivity index (χ3v) is 5.17. The summed E-state index contributed by atoms with van der Waals surface area (Å²) in [5, 5.41) is 3.65. The number of nitrogens with one attached hydrogen (secondary N) is 2. The molecule has 0 saturated heterocycles. The van der Waals surface area contributed by atoms with Crippen LogP contribution in [0.5, 0.6) is 0 Å². The van der Waals surface area contributed by atoms with E-state index in [2.05, 4.69) is 25.3 Å². The second kappa shape index (κ2) is 7.49. The standard InChI is InChI=1S/C22H15F3N6O/c1-11(30-21-19-20(27-9-26-19)28-10-29-21)17-6-12-2-3-13(23)7-15(12)22(32)31(17)18-8-14(24)4-5-16(18)25/h2-11H,1H3,(H2,26,27,28,29,30)/t11-/m1/s1. The number of pyridine rings is 1. The minimum absolute atomic E-state index is 0.0429. The number of benzene rings is 2. The van der Waals surface area contributed by atoms with Gasteiger partial charge in [0.2, 0.25) is 0 Å². The Morgan fingerprint density at radius 1 is 1.00 bits per heavy atom. The van der Waals surface area contributed by atoms with Gasteiger partial charge in [0.05, 0.1) is 23.4 Å². The number of fused-ring (bicyclic) bond motifs is 2. The summed E-state index contributed by atoms with van der Waals surface area (Å²) in [6, 6.07) is 7.61. The molecule has 2 N–H and O–H groups in total. The van der Waals surface area contributed by atoms with Crippen LogP contribution in [0.15, 0.2) is 59.9 Å². The predicted octanol–water partition coefficient (Wildman–Crippen LogP) is 4.25. The molecule has 3 heterocycles. The molecule has 2 aromatic carbocycles. The van der Waals surface area contributed by atoms with E-state index in [0.717, 1.165) is 28.8 Å². The Morgan fingerprint density at radius 2 is 1.78 bits per heavy atom. The fourth-order valence-corrected chi connectivity index (χ4v) is 3.67. The van der Waals surface area contributed by atoms with Crippen molar-refractivity contribution in [1.29, 1.82) is 0 Å². The van der Waals surface area contributed by atoms with E-state index >= 15 is 0 Å². The van der Waals surface area contributed by atoms with Crippen molar-refractivity contribution in [2.45, 2.75) is 13.0 Å².